The third kappa shape index (κ3) is 7.20. The van der Waals surface area contributed by atoms with E-state index in [9.17, 15) is 5.11 Å². The molecule has 2 aromatic rings. The molecule has 1 atom stereocenters. The Labute approximate surface area is 170 Å². The number of hydrogen-bond acceptors (Lipinski definition) is 5. The van der Waals surface area contributed by atoms with Crippen LogP contribution < -0.4 is 20.1 Å². The monoisotopic (exact) mass is 412 g/mol. The maximum absolute atomic E-state index is 9.19. The number of rotatable bonds is 11. The van der Waals surface area contributed by atoms with Crippen LogP contribution in [-0.2, 0) is 13.2 Å². The van der Waals surface area contributed by atoms with Crippen LogP contribution in [0.2, 0.25) is 10.0 Å². The Bertz CT molecular complexity index is 706. The fourth-order valence-electron chi connectivity index (χ4n) is 2.48. The lowest BCUT2D eigenvalue weighted by molar-refractivity contribution is 0.191. The van der Waals surface area contributed by atoms with E-state index in [1.807, 2.05) is 18.2 Å². The van der Waals surface area contributed by atoms with Crippen molar-refractivity contribution in [3.8, 4) is 11.5 Å². The number of hydrogen-bond donors (Lipinski definition) is 3. The van der Waals surface area contributed by atoms with Crippen molar-refractivity contribution < 1.29 is 14.6 Å². The van der Waals surface area contributed by atoms with Crippen molar-refractivity contribution in [2.45, 2.75) is 26.2 Å². The van der Waals surface area contributed by atoms with Crippen LogP contribution in [0.1, 0.15) is 18.1 Å². The van der Waals surface area contributed by atoms with Crippen molar-refractivity contribution in [2.24, 2.45) is 0 Å². The van der Waals surface area contributed by atoms with E-state index in [1.54, 1.807) is 32.2 Å². The second-order valence-electron chi connectivity index (χ2n) is 6.20. The third-order valence-electron chi connectivity index (χ3n) is 3.91. The first kappa shape index (κ1) is 21.8. The number of halogens is 2. The van der Waals surface area contributed by atoms with E-state index in [0.717, 1.165) is 24.2 Å². The molecule has 0 aliphatic carbocycles. The third-order valence-corrected chi connectivity index (χ3v) is 4.62. The maximum Gasteiger partial charge on any atom is 0.161 e. The highest BCUT2D eigenvalue weighted by Gasteiger charge is 2.10. The van der Waals surface area contributed by atoms with Gasteiger partial charge in [0.25, 0.3) is 0 Å². The zero-order valence-corrected chi connectivity index (χ0v) is 17.1. The van der Waals surface area contributed by atoms with Gasteiger partial charge in [0.05, 0.1) is 13.2 Å². The summed E-state index contributed by atoms with van der Waals surface area (Å²) in [5.41, 5.74) is 1.84. The fourth-order valence-corrected chi connectivity index (χ4v) is 2.99. The van der Waals surface area contributed by atoms with Gasteiger partial charge in [0.1, 0.15) is 6.61 Å². The SMILES string of the molecule is COc1cc(CNCCNC[C@@H](C)O)ccc1OCc1c(Cl)cccc1Cl. The molecular weight excluding hydrogens is 387 g/mol. The Kier molecular flexibility index (Phi) is 9.18. The van der Waals surface area contributed by atoms with Crippen molar-refractivity contribution in [3.05, 3.63) is 57.6 Å². The van der Waals surface area contributed by atoms with Gasteiger partial charge in [-0.15, -0.1) is 0 Å². The zero-order chi connectivity index (χ0) is 19.6. The molecule has 0 bridgehead atoms. The average Bonchev–Trinajstić information content (AvgIpc) is 2.64. The minimum absolute atomic E-state index is 0.265. The van der Waals surface area contributed by atoms with Crippen LogP contribution in [-0.4, -0.2) is 38.0 Å². The van der Waals surface area contributed by atoms with Gasteiger partial charge in [-0.2, -0.15) is 0 Å². The Balaban J connectivity index is 1.88. The maximum atomic E-state index is 9.19. The fraction of sp³-hybridized carbons (Fsp3) is 0.400. The number of ether oxygens (including phenoxy) is 2. The Hall–Kier alpha value is -1.50. The molecule has 0 spiro atoms. The van der Waals surface area contributed by atoms with E-state index in [-0.39, 0.29) is 12.7 Å². The number of nitrogens with one attached hydrogen (secondary N) is 2. The largest absolute Gasteiger partial charge is 0.493 e. The summed E-state index contributed by atoms with van der Waals surface area (Å²) >= 11 is 12.4. The summed E-state index contributed by atoms with van der Waals surface area (Å²) in [5.74, 6) is 1.29. The molecule has 0 aliphatic rings. The van der Waals surface area contributed by atoms with Gasteiger partial charge in [-0.05, 0) is 36.8 Å². The van der Waals surface area contributed by atoms with Crippen molar-refractivity contribution in [1.29, 1.82) is 0 Å². The van der Waals surface area contributed by atoms with Gasteiger partial charge < -0.3 is 25.2 Å². The van der Waals surface area contributed by atoms with Crippen LogP contribution in [0.4, 0.5) is 0 Å². The van der Waals surface area contributed by atoms with E-state index >= 15 is 0 Å². The van der Waals surface area contributed by atoms with Crippen LogP contribution >= 0.6 is 23.2 Å². The van der Waals surface area contributed by atoms with Crippen LogP contribution in [0.3, 0.4) is 0 Å². The first-order valence-electron chi connectivity index (χ1n) is 8.83. The number of methoxy groups -OCH3 is 1. The molecule has 5 nitrogen and oxygen atoms in total. The molecular formula is C20H26Cl2N2O3. The molecule has 0 fully saturated rings. The second kappa shape index (κ2) is 11.4. The van der Waals surface area contributed by atoms with Gasteiger partial charge >= 0.3 is 0 Å². The molecule has 27 heavy (non-hydrogen) atoms. The molecule has 0 amide bonds. The van der Waals surface area contributed by atoms with E-state index in [2.05, 4.69) is 10.6 Å². The van der Waals surface area contributed by atoms with Crippen molar-refractivity contribution in [2.75, 3.05) is 26.7 Å². The van der Waals surface area contributed by atoms with Gasteiger partial charge in [0.2, 0.25) is 0 Å². The van der Waals surface area contributed by atoms with Crippen molar-refractivity contribution in [3.63, 3.8) is 0 Å². The Morgan fingerprint density at radius 3 is 2.41 bits per heavy atom. The second-order valence-corrected chi connectivity index (χ2v) is 7.02. The predicted molar refractivity (Wildman–Crippen MR) is 110 cm³/mol. The lowest BCUT2D eigenvalue weighted by Crippen LogP contribution is -2.31. The molecule has 0 heterocycles. The van der Waals surface area contributed by atoms with E-state index < -0.39 is 0 Å². The summed E-state index contributed by atoms with van der Waals surface area (Å²) in [5, 5.41) is 16.9. The van der Waals surface area contributed by atoms with Crippen LogP contribution in [0.5, 0.6) is 11.5 Å². The molecule has 2 aromatic carbocycles. The first-order chi connectivity index (χ1) is 13.0. The Morgan fingerprint density at radius 2 is 1.74 bits per heavy atom. The normalized spacial score (nSPS) is 12.0. The average molecular weight is 413 g/mol. The summed E-state index contributed by atoms with van der Waals surface area (Å²) in [7, 11) is 1.61. The highest BCUT2D eigenvalue weighted by molar-refractivity contribution is 6.35. The molecule has 0 aliphatic heterocycles. The van der Waals surface area contributed by atoms with Gasteiger partial charge in [0.15, 0.2) is 11.5 Å². The predicted octanol–water partition coefficient (Wildman–Crippen LogP) is 3.64. The molecule has 2 rings (SSSR count). The summed E-state index contributed by atoms with van der Waals surface area (Å²) in [4.78, 5) is 0. The number of benzene rings is 2. The van der Waals surface area contributed by atoms with Crippen molar-refractivity contribution in [1.82, 2.24) is 10.6 Å². The lowest BCUT2D eigenvalue weighted by Gasteiger charge is -2.14. The molecule has 148 valence electrons. The van der Waals surface area contributed by atoms with Crippen LogP contribution in [0.25, 0.3) is 0 Å². The molecule has 0 unspecified atom stereocenters. The summed E-state index contributed by atoms with van der Waals surface area (Å²) in [6.45, 7) is 4.93. The topological polar surface area (TPSA) is 62.8 Å². The zero-order valence-electron chi connectivity index (χ0n) is 15.6. The van der Waals surface area contributed by atoms with Gasteiger partial charge in [-0.3, -0.25) is 0 Å². The van der Waals surface area contributed by atoms with E-state index in [0.29, 0.717) is 34.6 Å². The van der Waals surface area contributed by atoms with Crippen LogP contribution in [0.15, 0.2) is 36.4 Å². The summed E-state index contributed by atoms with van der Waals surface area (Å²) < 4.78 is 11.3. The quantitative estimate of drug-likeness (QED) is 0.491. The summed E-state index contributed by atoms with van der Waals surface area (Å²) in [6, 6.07) is 11.2. The van der Waals surface area contributed by atoms with E-state index in [1.165, 1.54) is 0 Å². The molecule has 0 radical (unpaired) electrons. The van der Waals surface area contributed by atoms with Gasteiger partial charge in [-0.1, -0.05) is 35.3 Å². The minimum atomic E-state index is -0.331. The van der Waals surface area contributed by atoms with Gasteiger partial charge in [-0.25, -0.2) is 0 Å². The summed E-state index contributed by atoms with van der Waals surface area (Å²) in [6.07, 6.45) is -0.331. The lowest BCUT2D eigenvalue weighted by atomic mass is 10.2. The van der Waals surface area contributed by atoms with Crippen LogP contribution in [0, 0.1) is 0 Å². The number of aliphatic hydroxyl groups excluding tert-OH is 1. The molecule has 0 saturated carbocycles. The molecule has 3 N–H and O–H groups in total. The highest BCUT2D eigenvalue weighted by Crippen LogP contribution is 2.31. The Morgan fingerprint density at radius 1 is 1.04 bits per heavy atom. The minimum Gasteiger partial charge on any atom is -0.493 e. The van der Waals surface area contributed by atoms with Crippen molar-refractivity contribution >= 4 is 23.2 Å². The standard InChI is InChI=1S/C20H26Cl2N2O3/c1-14(25)11-23-8-9-24-12-15-6-7-19(20(10-15)26-2)27-13-16-17(21)4-3-5-18(16)22/h3-7,10,14,23-25H,8-9,11-13H2,1-2H3/t14-/m1/s1. The molecule has 0 saturated heterocycles. The first-order valence-corrected chi connectivity index (χ1v) is 9.59. The molecule has 0 aromatic heterocycles. The molecule has 7 heteroatoms. The highest BCUT2D eigenvalue weighted by atomic mass is 35.5. The van der Waals surface area contributed by atoms with E-state index in [4.69, 9.17) is 32.7 Å². The smallest absolute Gasteiger partial charge is 0.161 e. The van der Waals surface area contributed by atoms with Gasteiger partial charge in [0, 0.05) is 41.8 Å². The number of aliphatic hydroxyl groups is 1.